The van der Waals surface area contributed by atoms with E-state index in [0.717, 1.165) is 35.0 Å². The maximum absolute atomic E-state index is 4.86. The van der Waals surface area contributed by atoms with Gasteiger partial charge in [-0.1, -0.05) is 12.5 Å². The molecule has 2 aromatic heterocycles. The van der Waals surface area contributed by atoms with Crippen LogP contribution in [0.4, 0.5) is 23.1 Å². The number of hydrogen-bond donors (Lipinski definition) is 2. The van der Waals surface area contributed by atoms with Gasteiger partial charge in [0, 0.05) is 32.4 Å². The third-order valence-corrected chi connectivity index (χ3v) is 7.07. The van der Waals surface area contributed by atoms with E-state index in [0.29, 0.717) is 17.9 Å². The molecule has 4 heterocycles. The Morgan fingerprint density at radius 2 is 2.00 bits per heavy atom. The molecular weight excluding hydrogens is 428 g/mol. The molecule has 0 amide bonds. The quantitative estimate of drug-likeness (QED) is 0.548. The van der Waals surface area contributed by atoms with Gasteiger partial charge >= 0.3 is 0 Å². The molecule has 2 aliphatic heterocycles. The second-order valence-electron chi connectivity index (χ2n) is 9.58. The Morgan fingerprint density at radius 3 is 2.82 bits per heavy atom. The molecule has 0 unspecified atom stereocenters. The van der Waals surface area contributed by atoms with Gasteiger partial charge < -0.3 is 20.4 Å². The molecule has 1 aromatic carbocycles. The van der Waals surface area contributed by atoms with Crippen molar-refractivity contribution in [2.75, 3.05) is 49.3 Å². The van der Waals surface area contributed by atoms with Gasteiger partial charge in [-0.15, -0.1) is 5.10 Å². The predicted octanol–water partition coefficient (Wildman–Crippen LogP) is 3.25. The van der Waals surface area contributed by atoms with Crippen LogP contribution in [0.3, 0.4) is 0 Å². The summed E-state index contributed by atoms with van der Waals surface area (Å²) in [6.07, 6.45) is 10.1. The standard InChI is InChI=1S/C24H34N10/c1-17-9-10-19(13-21(17)34-16-27-30-31-34)28-24-26-15-22(32(2)3)23(29-24)25-14-18-7-6-12-33-11-5-4-8-20(18)33/h9-10,13,15-16,18,20H,4-8,11-12,14H2,1-3H3,(H2,25,26,28,29)/t18-,20+/m0/s1. The van der Waals surface area contributed by atoms with Crippen LogP contribution < -0.4 is 15.5 Å². The van der Waals surface area contributed by atoms with Gasteiger partial charge in [0.05, 0.1) is 17.6 Å². The molecule has 0 radical (unpaired) electrons. The summed E-state index contributed by atoms with van der Waals surface area (Å²) in [5.74, 6) is 2.08. The van der Waals surface area contributed by atoms with Gasteiger partial charge in [0.1, 0.15) is 6.33 Å². The summed E-state index contributed by atoms with van der Waals surface area (Å²) in [6, 6.07) is 6.75. The van der Waals surface area contributed by atoms with Crippen LogP contribution in [-0.2, 0) is 0 Å². The van der Waals surface area contributed by atoms with Crippen LogP contribution in [-0.4, -0.2) is 74.8 Å². The fraction of sp³-hybridized carbons (Fsp3) is 0.542. The number of piperidine rings is 2. The zero-order valence-electron chi connectivity index (χ0n) is 20.3. The van der Waals surface area contributed by atoms with Crippen molar-refractivity contribution < 1.29 is 0 Å². The lowest BCUT2D eigenvalue weighted by atomic mass is 9.83. The first kappa shape index (κ1) is 22.5. The van der Waals surface area contributed by atoms with Gasteiger partial charge in [-0.05, 0) is 79.7 Å². The monoisotopic (exact) mass is 462 g/mol. The summed E-state index contributed by atoms with van der Waals surface area (Å²) < 4.78 is 1.65. The molecule has 2 fully saturated rings. The Labute approximate surface area is 200 Å². The van der Waals surface area contributed by atoms with E-state index >= 15 is 0 Å². The van der Waals surface area contributed by atoms with Crippen LogP contribution in [0.1, 0.15) is 37.7 Å². The van der Waals surface area contributed by atoms with Crippen LogP contribution in [0.15, 0.2) is 30.7 Å². The minimum atomic E-state index is 0.558. The molecular formula is C24H34N10. The fourth-order valence-electron chi connectivity index (χ4n) is 5.27. The number of rotatable bonds is 7. The van der Waals surface area contributed by atoms with E-state index in [2.05, 4.69) is 40.9 Å². The van der Waals surface area contributed by atoms with Crippen LogP contribution in [0.2, 0.25) is 0 Å². The van der Waals surface area contributed by atoms with Gasteiger partial charge in [-0.2, -0.15) is 4.98 Å². The Kier molecular flexibility index (Phi) is 6.57. The summed E-state index contributed by atoms with van der Waals surface area (Å²) >= 11 is 0. The molecule has 10 nitrogen and oxygen atoms in total. The van der Waals surface area contributed by atoms with Crippen molar-refractivity contribution in [2.24, 2.45) is 5.92 Å². The number of aromatic nitrogens is 6. The molecule has 180 valence electrons. The van der Waals surface area contributed by atoms with Crippen molar-refractivity contribution in [1.29, 1.82) is 0 Å². The van der Waals surface area contributed by atoms with Crippen LogP contribution in [0, 0.1) is 12.8 Å². The zero-order chi connectivity index (χ0) is 23.5. The van der Waals surface area contributed by atoms with Crippen molar-refractivity contribution in [2.45, 2.75) is 45.1 Å². The van der Waals surface area contributed by atoms with E-state index in [1.54, 1.807) is 11.0 Å². The smallest absolute Gasteiger partial charge is 0.229 e. The van der Waals surface area contributed by atoms with Crippen LogP contribution in [0.25, 0.3) is 5.69 Å². The molecule has 2 saturated heterocycles. The van der Waals surface area contributed by atoms with Crippen LogP contribution in [0.5, 0.6) is 0 Å². The first-order valence-corrected chi connectivity index (χ1v) is 12.2. The summed E-state index contributed by atoms with van der Waals surface area (Å²) in [5, 5.41) is 18.5. The Hall–Kier alpha value is -3.27. The highest BCUT2D eigenvalue weighted by Crippen LogP contribution is 2.32. The van der Waals surface area contributed by atoms with Gasteiger partial charge in [-0.3, -0.25) is 0 Å². The van der Waals surface area contributed by atoms with E-state index in [1.165, 1.54) is 45.2 Å². The van der Waals surface area contributed by atoms with Gasteiger partial charge in [0.25, 0.3) is 0 Å². The fourth-order valence-corrected chi connectivity index (χ4v) is 5.27. The number of aryl methyl sites for hydroxylation is 1. The number of hydrogen-bond acceptors (Lipinski definition) is 9. The van der Waals surface area contributed by atoms with E-state index in [1.807, 2.05) is 45.4 Å². The molecule has 2 N–H and O–H groups in total. The predicted molar refractivity (Wildman–Crippen MR) is 134 cm³/mol. The summed E-state index contributed by atoms with van der Waals surface area (Å²) in [7, 11) is 4.05. The number of nitrogens with one attached hydrogen (secondary N) is 2. The first-order chi connectivity index (χ1) is 16.6. The highest BCUT2D eigenvalue weighted by molar-refractivity contribution is 5.68. The average molecular weight is 463 g/mol. The summed E-state index contributed by atoms with van der Waals surface area (Å²) in [4.78, 5) is 14.2. The molecule has 2 atom stereocenters. The lowest BCUT2D eigenvalue weighted by Crippen LogP contribution is -2.49. The minimum Gasteiger partial charge on any atom is -0.373 e. The molecule has 34 heavy (non-hydrogen) atoms. The molecule has 10 heteroatoms. The molecule has 3 aromatic rings. The number of tetrazole rings is 1. The normalized spacial score (nSPS) is 20.6. The number of anilines is 4. The van der Waals surface area contributed by atoms with E-state index < -0.39 is 0 Å². The Morgan fingerprint density at radius 1 is 1.12 bits per heavy atom. The van der Waals surface area contributed by atoms with Crippen LogP contribution >= 0.6 is 0 Å². The lowest BCUT2D eigenvalue weighted by Gasteiger charge is -2.44. The van der Waals surface area contributed by atoms with Crippen molar-refractivity contribution in [1.82, 2.24) is 35.1 Å². The second-order valence-corrected chi connectivity index (χ2v) is 9.58. The SMILES string of the molecule is Cc1ccc(Nc2ncc(N(C)C)c(NC[C@@H]3CCCN4CCCC[C@H]34)n2)cc1-n1cnnn1. The lowest BCUT2D eigenvalue weighted by molar-refractivity contribution is 0.0649. The molecule has 0 saturated carbocycles. The number of benzene rings is 1. The van der Waals surface area contributed by atoms with Gasteiger partial charge in [-0.25, -0.2) is 9.67 Å². The zero-order valence-corrected chi connectivity index (χ0v) is 20.3. The Bertz CT molecular complexity index is 1100. The Balaban J connectivity index is 1.33. The number of fused-ring (bicyclic) bond motifs is 1. The largest absolute Gasteiger partial charge is 0.373 e. The van der Waals surface area contributed by atoms with E-state index in [-0.39, 0.29) is 0 Å². The average Bonchev–Trinajstić information content (AvgIpc) is 3.38. The maximum Gasteiger partial charge on any atom is 0.229 e. The van der Waals surface area contributed by atoms with E-state index in [4.69, 9.17) is 4.98 Å². The third kappa shape index (κ3) is 4.82. The van der Waals surface area contributed by atoms with Crippen molar-refractivity contribution in [3.8, 4) is 5.69 Å². The topological polar surface area (TPSA) is 99.9 Å². The molecule has 0 bridgehead atoms. The second kappa shape index (κ2) is 9.92. The maximum atomic E-state index is 4.86. The minimum absolute atomic E-state index is 0.558. The van der Waals surface area contributed by atoms with E-state index in [9.17, 15) is 0 Å². The highest BCUT2D eigenvalue weighted by Gasteiger charge is 2.32. The van der Waals surface area contributed by atoms with Crippen molar-refractivity contribution >= 4 is 23.1 Å². The van der Waals surface area contributed by atoms with Gasteiger partial charge in [0.15, 0.2) is 5.82 Å². The van der Waals surface area contributed by atoms with Crippen molar-refractivity contribution in [3.63, 3.8) is 0 Å². The third-order valence-electron chi connectivity index (χ3n) is 7.07. The summed E-state index contributed by atoms with van der Waals surface area (Å²) in [6.45, 7) is 5.49. The van der Waals surface area contributed by atoms with Gasteiger partial charge in [0.2, 0.25) is 5.95 Å². The molecule has 0 spiro atoms. The molecule has 0 aliphatic carbocycles. The molecule has 5 rings (SSSR count). The molecule has 2 aliphatic rings. The highest BCUT2D eigenvalue weighted by atomic mass is 15.5. The van der Waals surface area contributed by atoms with Crippen molar-refractivity contribution in [3.05, 3.63) is 36.3 Å². The summed E-state index contributed by atoms with van der Waals surface area (Å²) in [5.41, 5.74) is 3.85. The number of nitrogens with zero attached hydrogens (tertiary/aromatic N) is 8. The first-order valence-electron chi connectivity index (χ1n) is 12.2.